The number of ether oxygens (including phenoxy) is 2. The number of alkyl halides is 2. The zero-order valence-corrected chi connectivity index (χ0v) is 13.4. The Morgan fingerprint density at radius 3 is 2.68 bits per heavy atom. The number of Topliss-reactive ketones (excluding diaryl/α,β-unsaturated/α-hetero) is 1. The Balaban J connectivity index is 1.58. The molecule has 130 valence electrons. The number of aromatic amines is 2. The number of hydrogen-bond acceptors (Lipinski definition) is 5. The molecule has 3 aromatic rings. The molecule has 3 heterocycles. The average Bonchev–Trinajstić information content (AvgIpc) is 3.18. The van der Waals surface area contributed by atoms with Gasteiger partial charge in [-0.1, -0.05) is 0 Å². The zero-order chi connectivity index (χ0) is 17.8. The van der Waals surface area contributed by atoms with Crippen molar-refractivity contribution >= 4 is 33.8 Å². The predicted octanol–water partition coefficient (Wildman–Crippen LogP) is 2.55. The predicted molar refractivity (Wildman–Crippen MR) is 83.1 cm³/mol. The molecule has 8 nitrogen and oxygen atoms in total. The third kappa shape index (κ3) is 2.82. The standard InChI is InChI=1S/C14H10F2N4O4S/c1-6(21)7-2-12(17-5-7)25(22)20-13-18-8-3-10-11(4-9(8)19-13)24-14(15,16)23-10/h2-5,17H,1H3,(H2,18,19,20). The fourth-order valence-corrected chi connectivity index (χ4v) is 3.11. The Kier molecular flexibility index (Phi) is 3.29. The largest absolute Gasteiger partial charge is 0.586 e. The van der Waals surface area contributed by atoms with Crippen LogP contribution in [0.3, 0.4) is 0 Å². The van der Waals surface area contributed by atoms with E-state index in [4.69, 9.17) is 0 Å². The number of rotatable bonds is 4. The van der Waals surface area contributed by atoms with Crippen LogP contribution in [0.15, 0.2) is 29.4 Å². The summed E-state index contributed by atoms with van der Waals surface area (Å²) in [5.41, 5.74) is 1.13. The van der Waals surface area contributed by atoms with Crippen LogP contribution in [0.25, 0.3) is 11.0 Å². The van der Waals surface area contributed by atoms with Crippen LogP contribution in [0.5, 0.6) is 11.5 Å². The average molecular weight is 368 g/mol. The molecule has 0 aliphatic carbocycles. The lowest BCUT2D eigenvalue weighted by Gasteiger charge is -2.04. The molecule has 0 radical (unpaired) electrons. The Morgan fingerprint density at radius 1 is 1.28 bits per heavy atom. The first-order chi connectivity index (χ1) is 11.8. The maximum atomic E-state index is 13.0. The number of H-pyrrole nitrogens is 2. The van der Waals surface area contributed by atoms with E-state index in [0.717, 1.165) is 0 Å². The number of benzene rings is 1. The highest BCUT2D eigenvalue weighted by atomic mass is 32.2. The SMILES string of the molecule is CC(=O)c1c[nH]c(S(=O)Nc2nc3cc4c(cc3[nH]2)OC(F)(F)O4)c1. The second-order valence-electron chi connectivity index (χ2n) is 5.25. The summed E-state index contributed by atoms with van der Waals surface area (Å²) in [6.07, 6.45) is -2.25. The van der Waals surface area contributed by atoms with Gasteiger partial charge in [-0.15, -0.1) is 8.78 Å². The number of imidazole rings is 1. The third-order valence-electron chi connectivity index (χ3n) is 3.46. The Morgan fingerprint density at radius 2 is 2.00 bits per heavy atom. The Bertz CT molecular complexity index is 984. The quantitative estimate of drug-likeness (QED) is 0.613. The van der Waals surface area contributed by atoms with Gasteiger partial charge in [-0.3, -0.25) is 9.52 Å². The molecule has 0 saturated heterocycles. The van der Waals surface area contributed by atoms with E-state index in [9.17, 15) is 17.8 Å². The van der Waals surface area contributed by atoms with Crippen LogP contribution in [-0.4, -0.2) is 31.2 Å². The molecule has 2 aromatic heterocycles. The van der Waals surface area contributed by atoms with E-state index in [1.54, 1.807) is 0 Å². The van der Waals surface area contributed by atoms with Crippen molar-refractivity contribution in [3.05, 3.63) is 30.0 Å². The molecule has 1 atom stereocenters. The van der Waals surface area contributed by atoms with Crippen LogP contribution in [0.1, 0.15) is 17.3 Å². The third-order valence-corrected chi connectivity index (χ3v) is 4.47. The molecule has 1 aliphatic heterocycles. The van der Waals surface area contributed by atoms with Crippen molar-refractivity contribution in [2.24, 2.45) is 0 Å². The minimum absolute atomic E-state index is 0.121. The molecule has 11 heteroatoms. The van der Waals surface area contributed by atoms with Gasteiger partial charge in [0.25, 0.3) is 0 Å². The summed E-state index contributed by atoms with van der Waals surface area (Å²) in [7, 11) is -1.70. The summed E-state index contributed by atoms with van der Waals surface area (Å²) in [5.74, 6) is -0.256. The summed E-state index contributed by atoms with van der Waals surface area (Å²) in [5, 5.41) is 0.291. The lowest BCUT2D eigenvalue weighted by molar-refractivity contribution is -0.286. The summed E-state index contributed by atoms with van der Waals surface area (Å²) >= 11 is 0. The number of anilines is 1. The first-order valence-electron chi connectivity index (χ1n) is 6.98. The minimum atomic E-state index is -3.70. The molecule has 4 rings (SSSR count). The van der Waals surface area contributed by atoms with Crippen LogP contribution >= 0.6 is 0 Å². The second-order valence-corrected chi connectivity index (χ2v) is 6.43. The van der Waals surface area contributed by atoms with E-state index < -0.39 is 17.3 Å². The van der Waals surface area contributed by atoms with E-state index in [1.807, 2.05) is 0 Å². The lowest BCUT2D eigenvalue weighted by atomic mass is 10.2. The molecule has 1 unspecified atom stereocenters. The number of halogens is 2. The van der Waals surface area contributed by atoms with E-state index in [1.165, 1.54) is 31.3 Å². The van der Waals surface area contributed by atoms with Crippen molar-refractivity contribution in [3.8, 4) is 11.5 Å². The summed E-state index contributed by atoms with van der Waals surface area (Å²) < 4.78 is 49.7. The highest BCUT2D eigenvalue weighted by Gasteiger charge is 2.43. The van der Waals surface area contributed by atoms with Crippen molar-refractivity contribution in [3.63, 3.8) is 0 Å². The van der Waals surface area contributed by atoms with Crippen LogP contribution in [0.2, 0.25) is 0 Å². The Labute approximate surface area is 141 Å². The van der Waals surface area contributed by atoms with Gasteiger partial charge < -0.3 is 19.4 Å². The molecule has 3 N–H and O–H groups in total. The second kappa shape index (κ2) is 5.28. The van der Waals surface area contributed by atoms with E-state index in [2.05, 4.69) is 29.1 Å². The van der Waals surface area contributed by atoms with Gasteiger partial charge in [0.05, 0.1) is 11.0 Å². The van der Waals surface area contributed by atoms with Gasteiger partial charge in [0.15, 0.2) is 28.3 Å². The van der Waals surface area contributed by atoms with Gasteiger partial charge in [-0.2, -0.15) is 0 Å². The molecule has 1 aromatic carbocycles. The highest BCUT2D eigenvalue weighted by molar-refractivity contribution is 7.86. The first-order valence-corrected chi connectivity index (χ1v) is 8.13. The number of fused-ring (bicyclic) bond motifs is 2. The van der Waals surface area contributed by atoms with E-state index in [0.29, 0.717) is 21.6 Å². The number of aromatic nitrogens is 3. The molecular formula is C14H10F2N4O4S. The first kappa shape index (κ1) is 15.6. The number of hydrogen-bond donors (Lipinski definition) is 3. The van der Waals surface area contributed by atoms with Crippen LogP contribution in [0.4, 0.5) is 14.7 Å². The number of carbonyl (C=O) groups excluding carboxylic acids is 1. The lowest BCUT2D eigenvalue weighted by Crippen LogP contribution is -2.25. The fourth-order valence-electron chi connectivity index (χ4n) is 2.33. The van der Waals surface area contributed by atoms with Crippen molar-refractivity contribution < 1.29 is 27.3 Å². The summed E-state index contributed by atoms with van der Waals surface area (Å²) in [6, 6.07) is 4.07. The molecule has 0 spiro atoms. The van der Waals surface area contributed by atoms with Gasteiger partial charge >= 0.3 is 6.29 Å². The highest BCUT2D eigenvalue weighted by Crippen LogP contribution is 2.42. The van der Waals surface area contributed by atoms with Gasteiger partial charge in [0.2, 0.25) is 5.95 Å². The topological polar surface area (TPSA) is 109 Å². The van der Waals surface area contributed by atoms with Gasteiger partial charge in [0.1, 0.15) is 5.03 Å². The number of nitrogens with zero attached hydrogens (tertiary/aromatic N) is 1. The van der Waals surface area contributed by atoms with Crippen molar-refractivity contribution in [1.82, 2.24) is 15.0 Å². The number of nitrogens with one attached hydrogen (secondary N) is 3. The van der Waals surface area contributed by atoms with E-state index in [-0.39, 0.29) is 23.2 Å². The summed E-state index contributed by atoms with van der Waals surface area (Å²) in [6.45, 7) is 1.40. The fraction of sp³-hybridized carbons (Fsp3) is 0.143. The molecule has 25 heavy (non-hydrogen) atoms. The van der Waals surface area contributed by atoms with Crippen LogP contribution in [-0.2, 0) is 11.0 Å². The van der Waals surface area contributed by atoms with E-state index >= 15 is 0 Å². The molecule has 0 saturated carbocycles. The zero-order valence-electron chi connectivity index (χ0n) is 12.6. The van der Waals surface area contributed by atoms with Gasteiger partial charge in [-0.25, -0.2) is 9.19 Å². The maximum absolute atomic E-state index is 13.0. The Hall–Kier alpha value is -2.95. The maximum Gasteiger partial charge on any atom is 0.586 e. The minimum Gasteiger partial charge on any atom is -0.395 e. The molecule has 0 fully saturated rings. The monoisotopic (exact) mass is 368 g/mol. The van der Waals surface area contributed by atoms with Gasteiger partial charge in [-0.05, 0) is 13.0 Å². The number of carbonyl (C=O) groups is 1. The smallest absolute Gasteiger partial charge is 0.395 e. The molecule has 0 amide bonds. The summed E-state index contributed by atoms with van der Waals surface area (Å²) in [4.78, 5) is 20.9. The molecular weight excluding hydrogens is 358 g/mol. The van der Waals surface area contributed by atoms with Crippen LogP contribution < -0.4 is 14.2 Å². The van der Waals surface area contributed by atoms with Gasteiger partial charge in [0, 0.05) is 23.9 Å². The molecule has 0 bridgehead atoms. The normalized spacial score (nSPS) is 16.1. The molecule has 1 aliphatic rings. The van der Waals surface area contributed by atoms with Crippen molar-refractivity contribution in [2.75, 3.05) is 4.72 Å². The van der Waals surface area contributed by atoms with Crippen molar-refractivity contribution in [1.29, 1.82) is 0 Å². The van der Waals surface area contributed by atoms with Crippen molar-refractivity contribution in [2.45, 2.75) is 18.2 Å². The number of ketones is 1. The van der Waals surface area contributed by atoms with Crippen LogP contribution in [0, 0.1) is 0 Å².